The minimum atomic E-state index is -1.50. The SMILES string of the molecule is COc1ccc(C2CN(C)C3(C(=O)Nc4ccc(F)cc43)C23SC(=S)N(Cc2ccccc2)C3=O)cc1OC. The molecule has 0 aliphatic carbocycles. The first-order chi connectivity index (χ1) is 18.8. The number of thiocarbonyl (C=S) groups is 1. The number of likely N-dealkylation sites (tertiary alicyclic amines) is 1. The van der Waals surface area contributed by atoms with Gasteiger partial charge in [0.1, 0.15) is 14.9 Å². The molecule has 3 unspecified atom stereocenters. The average Bonchev–Trinajstić information content (AvgIpc) is 3.48. The lowest BCUT2D eigenvalue weighted by Gasteiger charge is -2.41. The second-order valence-electron chi connectivity index (χ2n) is 9.88. The molecule has 3 heterocycles. The number of thioether (sulfide) groups is 1. The number of hydrogen-bond donors (Lipinski definition) is 1. The molecule has 0 radical (unpaired) electrons. The van der Waals surface area contributed by atoms with Gasteiger partial charge in [-0.3, -0.25) is 19.4 Å². The van der Waals surface area contributed by atoms with E-state index in [2.05, 4.69) is 5.32 Å². The van der Waals surface area contributed by atoms with Crippen LogP contribution >= 0.6 is 24.0 Å². The number of likely N-dealkylation sites (N-methyl/N-ethyl adjacent to an activating group) is 1. The van der Waals surface area contributed by atoms with E-state index in [1.54, 1.807) is 38.3 Å². The van der Waals surface area contributed by atoms with Crippen molar-refractivity contribution in [2.75, 3.05) is 33.1 Å². The van der Waals surface area contributed by atoms with Crippen molar-refractivity contribution in [2.45, 2.75) is 22.7 Å². The maximum Gasteiger partial charge on any atom is 0.251 e. The van der Waals surface area contributed by atoms with E-state index in [9.17, 15) is 14.0 Å². The van der Waals surface area contributed by atoms with Crippen molar-refractivity contribution in [1.82, 2.24) is 9.80 Å². The Bertz CT molecular complexity index is 1520. The largest absolute Gasteiger partial charge is 0.493 e. The molecule has 3 aliphatic heterocycles. The molecule has 39 heavy (non-hydrogen) atoms. The van der Waals surface area contributed by atoms with Crippen LogP contribution < -0.4 is 14.8 Å². The Balaban J connectivity index is 1.58. The maximum atomic E-state index is 14.8. The van der Waals surface area contributed by atoms with Crippen LogP contribution in [0.3, 0.4) is 0 Å². The topological polar surface area (TPSA) is 71.1 Å². The summed E-state index contributed by atoms with van der Waals surface area (Å²) in [6, 6.07) is 19.3. The van der Waals surface area contributed by atoms with Gasteiger partial charge in [0, 0.05) is 23.7 Å². The third-order valence-corrected chi connectivity index (χ3v) is 9.97. The maximum absolute atomic E-state index is 14.8. The number of hydrogen-bond acceptors (Lipinski definition) is 7. The van der Waals surface area contributed by atoms with Gasteiger partial charge in [-0.2, -0.15) is 0 Å². The fourth-order valence-electron chi connectivity index (χ4n) is 6.36. The molecule has 3 aromatic carbocycles. The molecular formula is C29H26FN3O4S2. The third-order valence-electron chi connectivity index (χ3n) is 8.03. The number of anilines is 1. The zero-order valence-electron chi connectivity index (χ0n) is 21.6. The van der Waals surface area contributed by atoms with Gasteiger partial charge in [0.05, 0.1) is 20.8 Å². The molecule has 6 rings (SSSR count). The van der Waals surface area contributed by atoms with Gasteiger partial charge in [0.25, 0.3) is 5.91 Å². The van der Waals surface area contributed by atoms with Crippen molar-refractivity contribution in [1.29, 1.82) is 0 Å². The number of amides is 2. The average molecular weight is 564 g/mol. The molecular weight excluding hydrogens is 537 g/mol. The van der Waals surface area contributed by atoms with Crippen molar-refractivity contribution >= 4 is 45.8 Å². The van der Waals surface area contributed by atoms with Crippen LogP contribution in [0.15, 0.2) is 66.7 Å². The first kappa shape index (κ1) is 25.8. The lowest BCUT2D eigenvalue weighted by Crippen LogP contribution is -2.61. The molecule has 2 spiro atoms. The lowest BCUT2D eigenvalue weighted by molar-refractivity contribution is -0.138. The minimum Gasteiger partial charge on any atom is -0.493 e. The standard InChI is InChI=1S/C29H26FN3O4S2/c1-32-16-21(18-9-12-23(36-2)24(13-18)37-3)29(28(32)20-14-19(30)10-11-22(20)31-25(28)34)26(35)33(27(38)39-29)15-17-7-5-4-6-8-17/h4-14,21H,15-16H2,1-3H3,(H,31,34). The summed E-state index contributed by atoms with van der Waals surface area (Å²) in [6.45, 7) is 0.614. The van der Waals surface area contributed by atoms with E-state index in [1.807, 2.05) is 47.4 Å². The van der Waals surface area contributed by atoms with Crippen LogP contribution in [0.4, 0.5) is 10.1 Å². The number of ether oxygens (including phenoxy) is 2. The summed E-state index contributed by atoms with van der Waals surface area (Å²) in [4.78, 5) is 32.4. The summed E-state index contributed by atoms with van der Waals surface area (Å²) in [5.41, 5.74) is 1.12. The van der Waals surface area contributed by atoms with E-state index in [0.29, 0.717) is 33.6 Å². The highest BCUT2D eigenvalue weighted by molar-refractivity contribution is 8.25. The van der Waals surface area contributed by atoms with Gasteiger partial charge in [0.15, 0.2) is 17.0 Å². The Morgan fingerprint density at radius 2 is 1.79 bits per heavy atom. The van der Waals surface area contributed by atoms with Gasteiger partial charge < -0.3 is 14.8 Å². The number of halogens is 1. The van der Waals surface area contributed by atoms with E-state index in [0.717, 1.165) is 11.1 Å². The Labute approximate surface area is 235 Å². The molecule has 0 saturated carbocycles. The second kappa shape index (κ2) is 9.32. The molecule has 0 aromatic heterocycles. The molecule has 0 bridgehead atoms. The van der Waals surface area contributed by atoms with Crippen molar-refractivity contribution in [3.05, 3.63) is 89.2 Å². The molecule has 2 saturated heterocycles. The zero-order valence-corrected chi connectivity index (χ0v) is 23.2. The Kier molecular flexibility index (Phi) is 6.16. The number of methoxy groups -OCH3 is 2. The van der Waals surface area contributed by atoms with Crippen molar-refractivity contribution in [3.63, 3.8) is 0 Å². The van der Waals surface area contributed by atoms with Crippen LogP contribution in [-0.4, -0.2) is 58.5 Å². The fourth-order valence-corrected chi connectivity index (χ4v) is 8.49. The van der Waals surface area contributed by atoms with Crippen molar-refractivity contribution in [2.24, 2.45) is 0 Å². The third kappa shape index (κ3) is 3.48. The van der Waals surface area contributed by atoms with E-state index < -0.39 is 22.0 Å². The molecule has 7 nitrogen and oxygen atoms in total. The number of rotatable bonds is 5. The van der Waals surface area contributed by atoms with E-state index in [-0.39, 0.29) is 18.4 Å². The predicted molar refractivity (Wildman–Crippen MR) is 152 cm³/mol. The van der Waals surface area contributed by atoms with Gasteiger partial charge in [-0.1, -0.05) is 60.4 Å². The molecule has 3 aromatic rings. The first-order valence-corrected chi connectivity index (χ1v) is 13.6. The molecule has 2 fully saturated rings. The van der Waals surface area contributed by atoms with Crippen molar-refractivity contribution < 1.29 is 23.5 Å². The molecule has 2 amide bonds. The second-order valence-corrected chi connectivity index (χ2v) is 11.8. The van der Waals surface area contributed by atoms with Gasteiger partial charge in [-0.25, -0.2) is 4.39 Å². The monoisotopic (exact) mass is 563 g/mol. The smallest absolute Gasteiger partial charge is 0.251 e. The quantitative estimate of drug-likeness (QED) is 0.458. The molecule has 200 valence electrons. The van der Waals surface area contributed by atoms with E-state index >= 15 is 0 Å². The summed E-state index contributed by atoms with van der Waals surface area (Å²) in [6.07, 6.45) is 0. The van der Waals surface area contributed by atoms with Crippen LogP contribution in [0.25, 0.3) is 0 Å². The summed E-state index contributed by atoms with van der Waals surface area (Å²) in [7, 11) is 4.91. The Morgan fingerprint density at radius 3 is 2.51 bits per heavy atom. The van der Waals surface area contributed by atoms with Crippen LogP contribution in [0.5, 0.6) is 11.5 Å². The summed E-state index contributed by atoms with van der Waals surface area (Å²) in [5, 5.41) is 2.93. The Morgan fingerprint density at radius 1 is 1.05 bits per heavy atom. The van der Waals surface area contributed by atoms with Crippen LogP contribution in [0.2, 0.25) is 0 Å². The number of carbonyl (C=O) groups is 2. The van der Waals surface area contributed by atoms with Gasteiger partial charge in [0.2, 0.25) is 5.91 Å². The van der Waals surface area contributed by atoms with Crippen LogP contribution in [0.1, 0.15) is 22.6 Å². The fraction of sp³-hybridized carbons (Fsp3) is 0.276. The van der Waals surface area contributed by atoms with Crippen LogP contribution in [0, 0.1) is 5.82 Å². The summed E-state index contributed by atoms with van der Waals surface area (Å²) >= 11 is 7.06. The molecule has 10 heteroatoms. The van der Waals surface area contributed by atoms with Crippen LogP contribution in [-0.2, 0) is 21.7 Å². The molecule has 3 atom stereocenters. The predicted octanol–water partition coefficient (Wildman–Crippen LogP) is 4.52. The molecule has 1 N–H and O–H groups in total. The van der Waals surface area contributed by atoms with E-state index in [1.165, 1.54) is 23.9 Å². The van der Waals surface area contributed by atoms with Gasteiger partial charge in [-0.15, -0.1) is 0 Å². The summed E-state index contributed by atoms with van der Waals surface area (Å²) in [5.74, 6) is -0.568. The first-order valence-electron chi connectivity index (χ1n) is 12.4. The summed E-state index contributed by atoms with van der Waals surface area (Å²) < 4.78 is 24.7. The van der Waals surface area contributed by atoms with E-state index in [4.69, 9.17) is 21.7 Å². The van der Waals surface area contributed by atoms with Gasteiger partial charge >= 0.3 is 0 Å². The number of carbonyl (C=O) groups excluding carboxylic acids is 2. The highest BCUT2D eigenvalue weighted by atomic mass is 32.2. The lowest BCUT2D eigenvalue weighted by atomic mass is 9.72. The number of fused-ring (bicyclic) bond motifs is 3. The zero-order chi connectivity index (χ0) is 27.5. The number of nitrogens with zero attached hydrogens (tertiary/aromatic N) is 2. The Hall–Kier alpha value is -3.47. The highest BCUT2D eigenvalue weighted by Crippen LogP contribution is 2.66. The minimum absolute atomic E-state index is 0.267. The van der Waals surface area contributed by atoms with Gasteiger partial charge in [-0.05, 0) is 48.5 Å². The number of nitrogens with one attached hydrogen (secondary N) is 1. The molecule has 3 aliphatic rings. The highest BCUT2D eigenvalue weighted by Gasteiger charge is 2.77. The number of benzene rings is 3. The van der Waals surface area contributed by atoms with Crippen molar-refractivity contribution in [3.8, 4) is 11.5 Å². The normalized spacial score (nSPS) is 26.0.